The summed E-state index contributed by atoms with van der Waals surface area (Å²) in [6.07, 6.45) is 2.32. The summed E-state index contributed by atoms with van der Waals surface area (Å²) < 4.78 is 0.776. The Kier molecular flexibility index (Phi) is 7.05. The fraction of sp³-hybridized carbons (Fsp3) is 0.471. The maximum Gasteiger partial charge on any atom is 0.243 e. The van der Waals surface area contributed by atoms with Gasteiger partial charge in [-0.3, -0.25) is 9.59 Å². The fourth-order valence-corrected chi connectivity index (χ4v) is 3.56. The molecule has 0 aromatic heterocycles. The molecular weight excluding hydrogens is 342 g/mol. The minimum atomic E-state index is -0.207. The summed E-state index contributed by atoms with van der Waals surface area (Å²) in [4.78, 5) is 27.7. The van der Waals surface area contributed by atoms with Crippen LogP contribution in [0.15, 0.2) is 24.3 Å². The highest BCUT2D eigenvalue weighted by atomic mass is 32.2. The molecule has 0 aliphatic carbocycles. The van der Waals surface area contributed by atoms with Gasteiger partial charge in [-0.15, -0.1) is 0 Å². The normalized spacial score (nSPS) is 13.7. The molecule has 0 bridgehead atoms. The molecule has 1 fully saturated rings. The third-order valence-corrected chi connectivity index (χ3v) is 5.33. The first-order valence-corrected chi connectivity index (χ1v) is 9.37. The van der Waals surface area contributed by atoms with Crippen molar-refractivity contribution in [3.05, 3.63) is 29.8 Å². The van der Waals surface area contributed by atoms with Crippen LogP contribution >= 0.6 is 24.0 Å². The largest absolute Gasteiger partial charge is 0.358 e. The highest BCUT2D eigenvalue weighted by molar-refractivity contribution is 8.23. The molecule has 1 aliphatic heterocycles. The summed E-state index contributed by atoms with van der Waals surface area (Å²) in [6, 6.07) is 7.56. The van der Waals surface area contributed by atoms with Crippen LogP contribution in [0.2, 0.25) is 0 Å². The Morgan fingerprint density at radius 3 is 2.50 bits per heavy atom. The van der Waals surface area contributed by atoms with Crippen molar-refractivity contribution in [1.82, 2.24) is 9.80 Å². The number of thiocarbonyl (C=S) groups is 1. The van der Waals surface area contributed by atoms with Gasteiger partial charge in [0.25, 0.3) is 0 Å². The smallest absolute Gasteiger partial charge is 0.243 e. The highest BCUT2D eigenvalue weighted by Crippen LogP contribution is 2.16. The van der Waals surface area contributed by atoms with Crippen LogP contribution in [0.1, 0.15) is 18.4 Å². The minimum absolute atomic E-state index is 0.0315. The van der Waals surface area contributed by atoms with Crippen molar-refractivity contribution in [2.75, 3.05) is 37.8 Å². The van der Waals surface area contributed by atoms with E-state index < -0.39 is 0 Å². The number of nitrogens with zero attached hydrogens (tertiary/aromatic N) is 2. The topological polar surface area (TPSA) is 52.7 Å². The third-order valence-electron chi connectivity index (χ3n) is 3.83. The Morgan fingerprint density at radius 2 is 1.88 bits per heavy atom. The van der Waals surface area contributed by atoms with Crippen LogP contribution in [-0.2, 0) is 9.59 Å². The van der Waals surface area contributed by atoms with E-state index in [-0.39, 0.29) is 24.1 Å². The van der Waals surface area contributed by atoms with Gasteiger partial charge in [0, 0.05) is 25.8 Å². The molecule has 1 N–H and O–H groups in total. The lowest BCUT2D eigenvalue weighted by Crippen LogP contribution is -2.36. The first-order valence-electron chi connectivity index (χ1n) is 7.98. The Morgan fingerprint density at radius 1 is 1.25 bits per heavy atom. The number of likely N-dealkylation sites (tertiary alicyclic amines) is 1. The molecule has 1 aromatic rings. The van der Waals surface area contributed by atoms with E-state index in [2.05, 4.69) is 10.2 Å². The number of likely N-dealkylation sites (N-methyl/N-ethyl adjacent to an activating group) is 1. The first-order chi connectivity index (χ1) is 11.5. The lowest BCUT2D eigenvalue weighted by molar-refractivity contribution is -0.131. The number of aryl methyl sites for hydroxylation is 1. The monoisotopic (exact) mass is 365 g/mol. The molecule has 0 saturated carbocycles. The van der Waals surface area contributed by atoms with Crippen LogP contribution in [0.5, 0.6) is 0 Å². The second-order valence-electron chi connectivity index (χ2n) is 5.91. The number of anilines is 1. The van der Waals surface area contributed by atoms with Gasteiger partial charge in [0.2, 0.25) is 11.8 Å². The first kappa shape index (κ1) is 18.7. The number of carbonyl (C=O) groups is 2. The second-order valence-corrected chi connectivity index (χ2v) is 7.52. The number of hydrogen-bond donors (Lipinski definition) is 1. The Labute approximate surface area is 152 Å². The zero-order chi connectivity index (χ0) is 17.5. The summed E-state index contributed by atoms with van der Waals surface area (Å²) in [6.45, 7) is 3.98. The Hall–Kier alpha value is -1.60. The standard InChI is InChI=1S/C17H23N3O2S2/c1-13-5-7-14(8-6-13)18-15(21)11-19(2)16(22)12-24-17(23)20-9-3-4-10-20/h5-8H,3-4,9-12H2,1-2H3,(H,18,21). The van der Waals surface area contributed by atoms with E-state index in [1.54, 1.807) is 7.05 Å². The average Bonchev–Trinajstić information content (AvgIpc) is 3.08. The van der Waals surface area contributed by atoms with E-state index in [0.29, 0.717) is 0 Å². The third kappa shape index (κ3) is 5.79. The van der Waals surface area contributed by atoms with E-state index in [9.17, 15) is 9.59 Å². The van der Waals surface area contributed by atoms with Crippen LogP contribution in [-0.4, -0.2) is 58.4 Å². The molecule has 1 aliphatic rings. The SMILES string of the molecule is Cc1ccc(NC(=O)CN(C)C(=O)CSC(=S)N2CCCC2)cc1. The van der Waals surface area contributed by atoms with Crippen molar-refractivity contribution < 1.29 is 9.59 Å². The van der Waals surface area contributed by atoms with E-state index in [0.717, 1.165) is 41.5 Å². The number of amides is 2. The predicted octanol–water partition coefficient (Wildman–Crippen LogP) is 2.51. The number of carbonyl (C=O) groups excluding carboxylic acids is 2. The van der Waals surface area contributed by atoms with Crippen molar-refractivity contribution in [3.63, 3.8) is 0 Å². The van der Waals surface area contributed by atoms with E-state index in [4.69, 9.17) is 12.2 Å². The minimum Gasteiger partial charge on any atom is -0.358 e. The van der Waals surface area contributed by atoms with Gasteiger partial charge in [-0.2, -0.15) is 0 Å². The van der Waals surface area contributed by atoms with Gasteiger partial charge in [0.05, 0.1) is 12.3 Å². The zero-order valence-electron chi connectivity index (χ0n) is 14.1. The zero-order valence-corrected chi connectivity index (χ0v) is 15.7. The number of rotatable bonds is 5. The summed E-state index contributed by atoms with van der Waals surface area (Å²) >= 11 is 6.72. The summed E-state index contributed by atoms with van der Waals surface area (Å²) in [5.41, 5.74) is 1.86. The van der Waals surface area contributed by atoms with Crippen LogP contribution in [0, 0.1) is 6.92 Å². The fourth-order valence-electron chi connectivity index (χ4n) is 2.37. The second kappa shape index (κ2) is 9.03. The van der Waals surface area contributed by atoms with Crippen LogP contribution in [0.3, 0.4) is 0 Å². The van der Waals surface area contributed by atoms with Gasteiger partial charge in [0.1, 0.15) is 4.32 Å². The summed E-state index contributed by atoms with van der Waals surface area (Å²) in [5.74, 6) is -0.0358. The van der Waals surface area contributed by atoms with E-state index in [1.165, 1.54) is 16.7 Å². The summed E-state index contributed by atoms with van der Waals surface area (Å²) in [5, 5.41) is 2.79. The molecule has 0 unspecified atom stereocenters. The van der Waals surface area contributed by atoms with E-state index >= 15 is 0 Å². The molecule has 2 amide bonds. The van der Waals surface area contributed by atoms with Crippen molar-refractivity contribution in [1.29, 1.82) is 0 Å². The summed E-state index contributed by atoms with van der Waals surface area (Å²) in [7, 11) is 1.64. The lowest BCUT2D eigenvalue weighted by Gasteiger charge is -2.20. The van der Waals surface area contributed by atoms with Crippen molar-refractivity contribution >= 4 is 45.8 Å². The highest BCUT2D eigenvalue weighted by Gasteiger charge is 2.18. The molecule has 1 aromatic carbocycles. The molecule has 1 saturated heterocycles. The molecule has 2 rings (SSSR count). The van der Waals surface area contributed by atoms with E-state index in [1.807, 2.05) is 31.2 Å². The number of thioether (sulfide) groups is 1. The maximum absolute atomic E-state index is 12.1. The molecule has 0 spiro atoms. The van der Waals surface area contributed by atoms with Crippen LogP contribution in [0.25, 0.3) is 0 Å². The number of nitrogens with one attached hydrogen (secondary N) is 1. The number of benzene rings is 1. The van der Waals surface area contributed by atoms with Crippen LogP contribution < -0.4 is 5.32 Å². The Balaban J connectivity index is 1.73. The van der Waals surface area contributed by atoms with Gasteiger partial charge in [-0.05, 0) is 31.9 Å². The van der Waals surface area contributed by atoms with Crippen molar-refractivity contribution in [2.24, 2.45) is 0 Å². The van der Waals surface area contributed by atoms with Gasteiger partial charge in [-0.25, -0.2) is 0 Å². The van der Waals surface area contributed by atoms with Gasteiger partial charge in [0.15, 0.2) is 0 Å². The van der Waals surface area contributed by atoms with Crippen molar-refractivity contribution in [3.8, 4) is 0 Å². The quantitative estimate of drug-likeness (QED) is 0.813. The molecule has 130 valence electrons. The molecule has 0 atom stereocenters. The average molecular weight is 366 g/mol. The Bertz CT molecular complexity index is 598. The predicted molar refractivity (Wildman–Crippen MR) is 103 cm³/mol. The number of hydrogen-bond acceptors (Lipinski definition) is 4. The van der Waals surface area contributed by atoms with Gasteiger partial charge < -0.3 is 15.1 Å². The van der Waals surface area contributed by atoms with Gasteiger partial charge >= 0.3 is 0 Å². The maximum atomic E-state index is 12.1. The molecule has 7 heteroatoms. The molecule has 24 heavy (non-hydrogen) atoms. The van der Waals surface area contributed by atoms with Crippen molar-refractivity contribution in [2.45, 2.75) is 19.8 Å². The molecule has 0 radical (unpaired) electrons. The molecular formula is C17H23N3O2S2. The molecule has 1 heterocycles. The van der Waals surface area contributed by atoms with Crippen LogP contribution in [0.4, 0.5) is 5.69 Å². The lowest BCUT2D eigenvalue weighted by atomic mass is 10.2. The molecule has 5 nitrogen and oxygen atoms in total. The van der Waals surface area contributed by atoms with Gasteiger partial charge in [-0.1, -0.05) is 41.7 Å².